The first-order valence-corrected chi connectivity index (χ1v) is 20.4. The second kappa shape index (κ2) is 13.9. The molecule has 0 aromatic heterocycles. The van der Waals surface area contributed by atoms with E-state index in [-0.39, 0.29) is 46.0 Å². The van der Waals surface area contributed by atoms with Crippen LogP contribution in [-0.4, -0.2) is 144 Å². The minimum absolute atomic E-state index is 0.0129. The molecule has 0 aromatic rings. The van der Waals surface area contributed by atoms with E-state index in [0.29, 0.717) is 19.4 Å². The largest absolute Gasteiger partial charge is 0.479 e. The Labute approximate surface area is 328 Å². The van der Waals surface area contributed by atoms with Gasteiger partial charge < -0.3 is 69.6 Å². The molecule has 0 amide bonds. The van der Waals surface area contributed by atoms with E-state index in [4.69, 9.17) is 23.7 Å². The van der Waals surface area contributed by atoms with Crippen molar-refractivity contribution in [3.8, 4) is 0 Å². The lowest BCUT2D eigenvalue weighted by Crippen LogP contribution is -2.72. The number of hydrogen-bond acceptors (Lipinski definition) is 14. The fraction of sp³-hybridized carbons (Fsp3) is 0.927. The van der Waals surface area contributed by atoms with Crippen LogP contribution in [0.5, 0.6) is 0 Å². The molecule has 0 bridgehead atoms. The first-order valence-electron chi connectivity index (χ1n) is 20.4. The summed E-state index contributed by atoms with van der Waals surface area (Å²) in [4.78, 5) is 12.3. The number of carboxylic acids is 1. The van der Waals surface area contributed by atoms with Crippen molar-refractivity contribution in [1.29, 1.82) is 0 Å². The normalized spacial score (nSPS) is 56.8. The highest BCUT2D eigenvalue weighted by Gasteiger charge is 2.71. The number of ether oxygens (including phenoxy) is 5. The summed E-state index contributed by atoms with van der Waals surface area (Å²) < 4.78 is 30.8. The number of aliphatic hydroxyl groups is 8. The zero-order valence-corrected chi connectivity index (χ0v) is 34.0. The zero-order chi connectivity index (χ0) is 41.3. The van der Waals surface area contributed by atoms with E-state index in [0.717, 1.165) is 32.1 Å². The maximum atomic E-state index is 12.3. The number of fused-ring (bicyclic) bond motifs is 7. The van der Waals surface area contributed by atoms with Crippen LogP contribution in [0.15, 0.2) is 11.6 Å². The van der Waals surface area contributed by atoms with Crippen LogP contribution in [0.25, 0.3) is 0 Å². The van der Waals surface area contributed by atoms with Crippen molar-refractivity contribution in [2.24, 2.45) is 44.8 Å². The highest BCUT2D eigenvalue weighted by atomic mass is 16.8. The van der Waals surface area contributed by atoms with Gasteiger partial charge in [-0.05, 0) is 93.0 Å². The molecule has 15 nitrogen and oxygen atoms in total. The standard InChI is InChI=1S/C41H66O15/c1-35(2)15-20-19-9-10-22-36(3)13-12-24(37(4,17-42)21(36)11-14-39(22,6)40(19,7)52-18-38(20,5)23(43)16-35)55-41(8)31(27(46)26(45)30(56-41)32(49)50)53-34-29(48)25(44)28(47)33(51)54-34/h9,20-31,33-34,42-48,51H,10-18H2,1-8H3,(H,49,50)/t20-,21+,22-,23+,24+,25-,26-,27-,28-,29+,30-,31+,33-,34+,36-,37+,38+,39+,40+,41-/m0/s1. The average Bonchev–Trinajstić information content (AvgIpc) is 3.12. The molecule has 15 heteroatoms. The summed E-state index contributed by atoms with van der Waals surface area (Å²) in [6.07, 6.45) is -11.0. The van der Waals surface area contributed by atoms with Gasteiger partial charge in [0.25, 0.3) is 0 Å². The third-order valence-corrected chi connectivity index (χ3v) is 16.7. The summed E-state index contributed by atoms with van der Waals surface area (Å²) in [6.45, 7) is 17.0. The Hall–Kier alpha value is -1.31. The van der Waals surface area contributed by atoms with E-state index in [9.17, 15) is 50.8 Å². The Morgan fingerprint density at radius 2 is 1.50 bits per heavy atom. The Kier molecular flexibility index (Phi) is 10.6. The Bertz CT molecular complexity index is 1560. The van der Waals surface area contributed by atoms with Crippen LogP contribution >= 0.6 is 0 Å². The van der Waals surface area contributed by atoms with Gasteiger partial charge in [0.1, 0.15) is 36.6 Å². The molecule has 0 aromatic carbocycles. The Balaban J connectivity index is 1.19. The van der Waals surface area contributed by atoms with Gasteiger partial charge in [0.2, 0.25) is 0 Å². The second-order valence-electron chi connectivity index (χ2n) is 20.5. The summed E-state index contributed by atoms with van der Waals surface area (Å²) in [6, 6.07) is 0. The number of allylic oxidation sites excluding steroid dienone is 1. The minimum atomic E-state index is -2.13. The van der Waals surface area contributed by atoms with Crippen LogP contribution in [0, 0.1) is 44.8 Å². The molecular weight excluding hydrogens is 732 g/mol. The molecule has 320 valence electrons. The summed E-state index contributed by atoms with van der Waals surface area (Å²) in [7, 11) is 0. The van der Waals surface area contributed by atoms with Gasteiger partial charge >= 0.3 is 5.97 Å². The van der Waals surface area contributed by atoms with Crippen LogP contribution in [0.2, 0.25) is 0 Å². The fourth-order valence-electron chi connectivity index (χ4n) is 13.1. The molecule has 7 aliphatic rings. The Morgan fingerprint density at radius 1 is 0.821 bits per heavy atom. The molecule has 6 fully saturated rings. The van der Waals surface area contributed by atoms with E-state index in [1.165, 1.54) is 12.5 Å². The molecule has 4 aliphatic carbocycles. The van der Waals surface area contributed by atoms with Crippen LogP contribution in [-0.2, 0) is 28.5 Å². The summed E-state index contributed by atoms with van der Waals surface area (Å²) in [5.41, 5.74) is -1.15. The van der Waals surface area contributed by atoms with Crippen molar-refractivity contribution < 1.29 is 74.4 Å². The molecule has 3 heterocycles. The van der Waals surface area contributed by atoms with Crippen LogP contribution in [0.3, 0.4) is 0 Å². The fourth-order valence-corrected chi connectivity index (χ4v) is 13.1. The molecule has 3 saturated carbocycles. The number of carboxylic acid groups (broad SMARTS) is 1. The quantitative estimate of drug-likeness (QED) is 0.135. The van der Waals surface area contributed by atoms with Gasteiger partial charge in [0.05, 0.1) is 31.0 Å². The van der Waals surface area contributed by atoms with Gasteiger partial charge in [-0.1, -0.05) is 47.6 Å². The van der Waals surface area contributed by atoms with Crippen molar-refractivity contribution in [2.45, 2.75) is 179 Å². The van der Waals surface area contributed by atoms with Crippen molar-refractivity contribution in [3.05, 3.63) is 11.6 Å². The topological polar surface area (TPSA) is 245 Å². The van der Waals surface area contributed by atoms with Gasteiger partial charge in [-0.3, -0.25) is 0 Å². The van der Waals surface area contributed by atoms with Crippen LogP contribution < -0.4 is 0 Å². The van der Waals surface area contributed by atoms with Gasteiger partial charge in [0.15, 0.2) is 24.5 Å². The lowest BCUT2D eigenvalue weighted by Gasteiger charge is -2.71. The predicted molar refractivity (Wildman–Crippen MR) is 196 cm³/mol. The summed E-state index contributed by atoms with van der Waals surface area (Å²) in [5.74, 6) is -3.46. The molecule has 0 radical (unpaired) electrons. The molecule has 3 saturated heterocycles. The molecule has 3 aliphatic heterocycles. The van der Waals surface area contributed by atoms with Gasteiger partial charge in [-0.2, -0.15) is 0 Å². The smallest absolute Gasteiger partial charge is 0.335 e. The van der Waals surface area contributed by atoms with Crippen molar-refractivity contribution in [2.75, 3.05) is 13.2 Å². The lowest BCUT2D eigenvalue weighted by molar-refractivity contribution is -0.419. The maximum absolute atomic E-state index is 12.3. The first kappa shape index (κ1) is 42.8. The SMILES string of the molecule is CC1(C)C[C@@H](O)[C@]2(C)CO[C@]3(C)C(=CC[C@H]4[C@@]5(C)CC[C@@H](O[C@@]6(C)O[C@H](C(=O)O)[C@@H](O)[C@H](O)[C@H]6O[C@@H]6O[C@H](O)[C@@H](O)[C@H](O)[C@H]6O)[C@](C)(CO)[C@@H]5CC[C@]43C)[C@@H]2C1. The first-order chi connectivity index (χ1) is 25.8. The van der Waals surface area contributed by atoms with Crippen molar-refractivity contribution in [1.82, 2.24) is 0 Å². The monoisotopic (exact) mass is 798 g/mol. The van der Waals surface area contributed by atoms with Gasteiger partial charge in [-0.15, -0.1) is 0 Å². The molecule has 0 unspecified atom stereocenters. The van der Waals surface area contributed by atoms with Crippen LogP contribution in [0.4, 0.5) is 0 Å². The molecular formula is C41H66O15. The summed E-state index contributed by atoms with van der Waals surface area (Å²) >= 11 is 0. The number of rotatable bonds is 6. The highest BCUT2D eigenvalue weighted by molar-refractivity contribution is 5.73. The molecule has 0 spiro atoms. The van der Waals surface area contributed by atoms with Crippen LogP contribution in [0.1, 0.15) is 100 Å². The third-order valence-electron chi connectivity index (χ3n) is 16.7. The number of aliphatic hydroxyl groups excluding tert-OH is 8. The predicted octanol–water partition coefficient (Wildman–Crippen LogP) is 1.19. The van der Waals surface area contributed by atoms with E-state index >= 15 is 0 Å². The Morgan fingerprint density at radius 3 is 2.14 bits per heavy atom. The van der Waals surface area contributed by atoms with Crippen molar-refractivity contribution in [3.63, 3.8) is 0 Å². The molecule has 56 heavy (non-hydrogen) atoms. The highest BCUT2D eigenvalue weighted by Crippen LogP contribution is 2.73. The lowest BCUT2D eigenvalue weighted by atomic mass is 9.37. The minimum Gasteiger partial charge on any atom is -0.479 e. The average molecular weight is 799 g/mol. The van der Waals surface area contributed by atoms with Crippen molar-refractivity contribution >= 4 is 5.97 Å². The maximum Gasteiger partial charge on any atom is 0.335 e. The van der Waals surface area contributed by atoms with Gasteiger partial charge in [0, 0.05) is 16.2 Å². The van der Waals surface area contributed by atoms with E-state index < -0.39 is 90.3 Å². The second-order valence-corrected chi connectivity index (χ2v) is 20.5. The zero-order valence-electron chi connectivity index (χ0n) is 34.0. The van der Waals surface area contributed by atoms with E-state index in [1.54, 1.807) is 0 Å². The number of hydrogen-bond donors (Lipinski definition) is 9. The molecule has 7 rings (SSSR count). The summed E-state index contributed by atoms with van der Waals surface area (Å²) in [5, 5.41) is 96.2. The molecule has 9 N–H and O–H groups in total. The van der Waals surface area contributed by atoms with E-state index in [2.05, 4.69) is 47.6 Å². The molecule has 20 atom stereocenters. The number of aliphatic carboxylic acids is 1. The van der Waals surface area contributed by atoms with Gasteiger partial charge in [-0.25, -0.2) is 4.79 Å². The van der Waals surface area contributed by atoms with E-state index in [1.807, 2.05) is 6.92 Å². The number of carbonyl (C=O) groups is 1. The third kappa shape index (κ3) is 6.04.